The molecule has 0 aromatic heterocycles. The Labute approximate surface area is 201 Å². The van der Waals surface area contributed by atoms with Crippen LogP contribution in [0.4, 0.5) is 5.69 Å². The van der Waals surface area contributed by atoms with Crippen LogP contribution in [0, 0.1) is 0 Å². The maximum Gasteiger partial charge on any atom is 0.269 e. The first kappa shape index (κ1) is 25.4. The van der Waals surface area contributed by atoms with Crippen LogP contribution in [-0.2, 0) is 9.59 Å². The van der Waals surface area contributed by atoms with Crippen LogP contribution in [0.15, 0.2) is 42.5 Å². The van der Waals surface area contributed by atoms with Crippen molar-refractivity contribution < 1.29 is 19.1 Å². The van der Waals surface area contributed by atoms with Crippen LogP contribution in [0.2, 0.25) is 10.0 Å². The van der Waals surface area contributed by atoms with Crippen molar-refractivity contribution in [3.63, 3.8) is 0 Å². The Morgan fingerprint density at radius 2 is 1.72 bits per heavy atom. The molecule has 0 bridgehead atoms. The average molecular weight is 497 g/mol. The second kappa shape index (κ2) is 12.8. The first-order valence-electron chi connectivity index (χ1n) is 9.66. The molecule has 0 spiro atoms. The summed E-state index contributed by atoms with van der Waals surface area (Å²) in [7, 11) is 0. The Morgan fingerprint density at radius 1 is 1.00 bits per heavy atom. The number of amides is 3. The zero-order valence-electron chi connectivity index (χ0n) is 17.2. The lowest BCUT2D eigenvalue weighted by Crippen LogP contribution is -2.48. The maximum atomic E-state index is 12.1. The number of hydrazine groups is 1. The summed E-state index contributed by atoms with van der Waals surface area (Å²) in [4.78, 5) is 35.5. The fourth-order valence-corrected chi connectivity index (χ4v) is 3.00. The van der Waals surface area contributed by atoms with Crippen LogP contribution < -0.4 is 26.2 Å². The standard InChI is InChI=1S/C21H22Cl2N4O4S/c1-2-18(28)24-15-8-5-13(6-9-15)20(30)26-27-21(32)25-19(29)4-3-11-31-17-10-7-14(22)12-16(17)23/h5-10,12H,2-4,11H2,1H3,(H,24,28)(H,26,30)(H2,25,27,29,32). The monoisotopic (exact) mass is 496 g/mol. The third-order valence-corrected chi connectivity index (χ3v) is 4.73. The number of hydrogen-bond acceptors (Lipinski definition) is 5. The zero-order valence-corrected chi connectivity index (χ0v) is 19.5. The molecular weight excluding hydrogens is 475 g/mol. The van der Waals surface area contributed by atoms with E-state index in [0.717, 1.165) is 0 Å². The zero-order chi connectivity index (χ0) is 23.5. The molecule has 2 rings (SSSR count). The van der Waals surface area contributed by atoms with Gasteiger partial charge in [-0.15, -0.1) is 0 Å². The number of carbonyl (C=O) groups is 3. The van der Waals surface area contributed by atoms with Crippen LogP contribution in [0.1, 0.15) is 36.5 Å². The number of rotatable bonds is 8. The largest absolute Gasteiger partial charge is 0.492 e. The van der Waals surface area contributed by atoms with Gasteiger partial charge in [-0.2, -0.15) is 0 Å². The number of anilines is 1. The average Bonchev–Trinajstić information content (AvgIpc) is 2.76. The Hall–Kier alpha value is -2.88. The number of halogens is 2. The van der Waals surface area contributed by atoms with E-state index in [2.05, 4.69) is 21.5 Å². The number of benzene rings is 2. The first-order chi connectivity index (χ1) is 15.3. The highest BCUT2D eigenvalue weighted by Crippen LogP contribution is 2.27. The molecule has 0 fully saturated rings. The third-order valence-electron chi connectivity index (χ3n) is 3.99. The van der Waals surface area contributed by atoms with Gasteiger partial charge in [0, 0.05) is 29.1 Å². The molecule has 0 saturated carbocycles. The molecule has 0 radical (unpaired) electrons. The SMILES string of the molecule is CCC(=O)Nc1ccc(C(=O)NNC(=S)NC(=O)CCCOc2ccc(Cl)cc2Cl)cc1. The molecule has 0 unspecified atom stereocenters. The van der Waals surface area contributed by atoms with E-state index in [9.17, 15) is 14.4 Å². The van der Waals surface area contributed by atoms with Crippen LogP contribution in [0.5, 0.6) is 5.75 Å². The summed E-state index contributed by atoms with van der Waals surface area (Å²) >= 11 is 16.8. The molecule has 0 aliphatic rings. The van der Waals surface area contributed by atoms with Crippen molar-refractivity contribution in [1.82, 2.24) is 16.2 Å². The fraction of sp³-hybridized carbons (Fsp3) is 0.238. The molecule has 0 heterocycles. The number of carbonyl (C=O) groups excluding carboxylic acids is 3. The Morgan fingerprint density at radius 3 is 2.38 bits per heavy atom. The fourth-order valence-electron chi connectivity index (χ4n) is 2.37. The van der Waals surface area contributed by atoms with Crippen LogP contribution >= 0.6 is 35.4 Å². The molecule has 0 saturated heterocycles. The number of ether oxygens (including phenoxy) is 1. The van der Waals surface area contributed by atoms with Gasteiger partial charge >= 0.3 is 0 Å². The van der Waals surface area contributed by atoms with E-state index in [1.165, 1.54) is 0 Å². The van der Waals surface area contributed by atoms with Gasteiger partial charge in [0.15, 0.2) is 5.11 Å². The molecule has 8 nitrogen and oxygen atoms in total. The lowest BCUT2D eigenvalue weighted by molar-refractivity contribution is -0.120. The highest BCUT2D eigenvalue weighted by molar-refractivity contribution is 7.80. The first-order valence-corrected chi connectivity index (χ1v) is 10.8. The highest BCUT2D eigenvalue weighted by Gasteiger charge is 2.09. The molecule has 0 aliphatic carbocycles. The van der Waals surface area contributed by atoms with Crippen molar-refractivity contribution in [3.05, 3.63) is 58.1 Å². The molecule has 11 heteroatoms. The van der Waals surface area contributed by atoms with Crippen LogP contribution in [0.25, 0.3) is 0 Å². The van der Waals surface area contributed by atoms with E-state index in [1.54, 1.807) is 49.4 Å². The number of thiocarbonyl (C=S) groups is 1. The van der Waals surface area contributed by atoms with Gasteiger partial charge in [0.1, 0.15) is 5.75 Å². The van der Waals surface area contributed by atoms with Gasteiger partial charge < -0.3 is 15.4 Å². The minimum absolute atomic E-state index is 0.0446. The van der Waals surface area contributed by atoms with Crippen molar-refractivity contribution in [2.24, 2.45) is 0 Å². The van der Waals surface area contributed by atoms with Gasteiger partial charge in [-0.3, -0.25) is 25.2 Å². The summed E-state index contributed by atoms with van der Waals surface area (Å²) in [5.74, 6) is -0.427. The van der Waals surface area contributed by atoms with E-state index in [0.29, 0.717) is 39.9 Å². The minimum atomic E-state index is -0.455. The maximum absolute atomic E-state index is 12.1. The molecule has 0 atom stereocenters. The summed E-state index contributed by atoms with van der Waals surface area (Å²) < 4.78 is 5.51. The Kier molecular flexibility index (Phi) is 10.2. The minimum Gasteiger partial charge on any atom is -0.492 e. The van der Waals surface area contributed by atoms with E-state index >= 15 is 0 Å². The van der Waals surface area contributed by atoms with E-state index < -0.39 is 5.91 Å². The molecule has 2 aromatic rings. The number of nitrogens with one attached hydrogen (secondary N) is 4. The summed E-state index contributed by atoms with van der Waals surface area (Å²) in [5.41, 5.74) is 5.79. The van der Waals surface area contributed by atoms with Crippen molar-refractivity contribution in [2.45, 2.75) is 26.2 Å². The summed E-state index contributed by atoms with van der Waals surface area (Å²) in [6.45, 7) is 2.02. The van der Waals surface area contributed by atoms with Gasteiger partial charge in [-0.1, -0.05) is 30.1 Å². The summed E-state index contributed by atoms with van der Waals surface area (Å²) in [6, 6.07) is 11.2. The Bertz CT molecular complexity index is 986. The summed E-state index contributed by atoms with van der Waals surface area (Å²) in [5, 5.41) is 6.01. The van der Waals surface area contributed by atoms with Crippen LogP contribution in [-0.4, -0.2) is 29.4 Å². The van der Waals surface area contributed by atoms with Crippen molar-refractivity contribution in [2.75, 3.05) is 11.9 Å². The van der Waals surface area contributed by atoms with E-state index in [-0.39, 0.29) is 30.0 Å². The molecule has 2 aromatic carbocycles. The van der Waals surface area contributed by atoms with Gasteiger partial charge in [0.05, 0.1) is 11.6 Å². The van der Waals surface area contributed by atoms with Gasteiger partial charge in [0.25, 0.3) is 5.91 Å². The quantitative estimate of drug-likeness (QED) is 0.251. The van der Waals surface area contributed by atoms with Crippen LogP contribution in [0.3, 0.4) is 0 Å². The second-order valence-electron chi connectivity index (χ2n) is 6.46. The molecule has 4 N–H and O–H groups in total. The topological polar surface area (TPSA) is 109 Å². The Balaban J connectivity index is 1.66. The second-order valence-corrected chi connectivity index (χ2v) is 7.71. The summed E-state index contributed by atoms with van der Waals surface area (Å²) in [6.07, 6.45) is 0.950. The van der Waals surface area contributed by atoms with E-state index in [1.807, 2.05) is 0 Å². The highest BCUT2D eigenvalue weighted by atomic mass is 35.5. The van der Waals surface area contributed by atoms with Gasteiger partial charge in [-0.05, 0) is 61.1 Å². The van der Waals surface area contributed by atoms with E-state index in [4.69, 9.17) is 40.2 Å². The predicted octanol–water partition coefficient (Wildman–Crippen LogP) is 3.84. The van der Waals surface area contributed by atoms with Crippen molar-refractivity contribution in [3.8, 4) is 5.75 Å². The van der Waals surface area contributed by atoms with Crippen molar-refractivity contribution in [1.29, 1.82) is 0 Å². The number of hydrogen-bond donors (Lipinski definition) is 4. The molecular formula is C21H22Cl2N4O4S. The lowest BCUT2D eigenvalue weighted by atomic mass is 10.2. The lowest BCUT2D eigenvalue weighted by Gasteiger charge is -2.11. The molecule has 3 amide bonds. The molecule has 32 heavy (non-hydrogen) atoms. The van der Waals surface area contributed by atoms with Crippen molar-refractivity contribution >= 4 is 63.9 Å². The molecule has 170 valence electrons. The predicted molar refractivity (Wildman–Crippen MR) is 128 cm³/mol. The molecule has 0 aliphatic heterocycles. The van der Waals surface area contributed by atoms with Gasteiger partial charge in [0.2, 0.25) is 11.8 Å². The van der Waals surface area contributed by atoms with Gasteiger partial charge in [-0.25, -0.2) is 0 Å². The third kappa shape index (κ3) is 8.70. The normalized spacial score (nSPS) is 10.1. The smallest absolute Gasteiger partial charge is 0.269 e.